The molecule has 1 aromatic carbocycles. The van der Waals surface area contributed by atoms with Crippen LogP contribution in [0.3, 0.4) is 0 Å². The molecule has 0 spiro atoms. The highest BCUT2D eigenvalue weighted by Crippen LogP contribution is 2.19. The lowest BCUT2D eigenvalue weighted by Gasteiger charge is -2.34. The highest BCUT2D eigenvalue weighted by Gasteiger charge is 2.43. The minimum atomic E-state index is -4.84. The number of ether oxygens (including phenoxy) is 1. The van der Waals surface area contributed by atoms with E-state index >= 15 is 0 Å². The van der Waals surface area contributed by atoms with Gasteiger partial charge in [0.25, 0.3) is 0 Å². The maximum absolute atomic E-state index is 12.3. The Morgan fingerprint density at radius 2 is 1.67 bits per heavy atom. The summed E-state index contributed by atoms with van der Waals surface area (Å²) in [4.78, 5) is 25.5. The average Bonchev–Trinajstić information content (AvgIpc) is 2.54. The van der Waals surface area contributed by atoms with Crippen LogP contribution in [0.15, 0.2) is 24.3 Å². The van der Waals surface area contributed by atoms with Gasteiger partial charge in [-0.25, -0.2) is 4.79 Å². The third kappa shape index (κ3) is 5.10. The molecule has 0 radical (unpaired) electrons. The maximum Gasteiger partial charge on any atom is 0.471 e. The van der Waals surface area contributed by atoms with Crippen molar-refractivity contribution >= 4 is 23.5 Å². The van der Waals surface area contributed by atoms with Gasteiger partial charge in [-0.1, -0.05) is 11.6 Å². The van der Waals surface area contributed by atoms with Gasteiger partial charge in [0.1, 0.15) is 6.61 Å². The summed E-state index contributed by atoms with van der Waals surface area (Å²) in [6, 6.07) is 6.25. The van der Waals surface area contributed by atoms with Crippen LogP contribution >= 0.6 is 11.6 Å². The molecular weight excluding hydrogens is 349 g/mol. The van der Waals surface area contributed by atoms with Gasteiger partial charge in [0.05, 0.1) is 5.56 Å². The van der Waals surface area contributed by atoms with Gasteiger partial charge in [-0.05, 0) is 24.3 Å². The van der Waals surface area contributed by atoms with E-state index in [0.717, 1.165) is 4.90 Å². The van der Waals surface area contributed by atoms with Gasteiger partial charge < -0.3 is 9.64 Å². The topological polar surface area (TPSA) is 49.9 Å². The van der Waals surface area contributed by atoms with Gasteiger partial charge in [0, 0.05) is 37.7 Å². The summed E-state index contributed by atoms with van der Waals surface area (Å²) in [5, 5.41) is 0.512. The van der Waals surface area contributed by atoms with E-state index in [2.05, 4.69) is 0 Å². The van der Waals surface area contributed by atoms with Crippen LogP contribution in [0.1, 0.15) is 10.4 Å². The molecule has 1 aromatic rings. The van der Waals surface area contributed by atoms with Crippen molar-refractivity contribution in [1.29, 1.82) is 0 Å². The lowest BCUT2D eigenvalue weighted by Crippen LogP contribution is -2.52. The molecule has 0 unspecified atom stereocenters. The zero-order valence-electron chi connectivity index (χ0n) is 12.7. The average molecular weight is 365 g/mol. The SMILES string of the molecule is O=C(OCCN1CCN(C(=O)C(F)(F)F)CC1)c1ccc(Cl)cc1. The number of nitrogens with zero attached hydrogens (tertiary/aromatic N) is 2. The summed E-state index contributed by atoms with van der Waals surface area (Å²) in [6.45, 7) is 1.13. The number of carbonyl (C=O) groups is 2. The fraction of sp³-hybridized carbons (Fsp3) is 0.467. The highest BCUT2D eigenvalue weighted by atomic mass is 35.5. The first-order valence-electron chi connectivity index (χ1n) is 7.28. The second-order valence-electron chi connectivity index (χ2n) is 5.27. The van der Waals surface area contributed by atoms with E-state index in [1.54, 1.807) is 24.3 Å². The van der Waals surface area contributed by atoms with Crippen molar-refractivity contribution in [2.45, 2.75) is 6.18 Å². The number of hydrogen-bond donors (Lipinski definition) is 0. The maximum atomic E-state index is 12.3. The summed E-state index contributed by atoms with van der Waals surface area (Å²) in [7, 11) is 0. The Morgan fingerprint density at radius 3 is 2.21 bits per heavy atom. The number of rotatable bonds is 4. The Hall–Kier alpha value is -1.80. The number of amides is 1. The van der Waals surface area contributed by atoms with Crippen molar-refractivity contribution in [3.8, 4) is 0 Å². The molecule has 0 bridgehead atoms. The molecule has 2 rings (SSSR count). The van der Waals surface area contributed by atoms with E-state index in [-0.39, 0.29) is 19.7 Å². The van der Waals surface area contributed by atoms with Crippen molar-refractivity contribution in [3.05, 3.63) is 34.9 Å². The Kier molecular flexibility index (Phi) is 6.06. The number of halogens is 4. The zero-order valence-corrected chi connectivity index (χ0v) is 13.4. The number of esters is 1. The van der Waals surface area contributed by atoms with Crippen molar-refractivity contribution < 1.29 is 27.5 Å². The molecule has 1 amide bonds. The minimum Gasteiger partial charge on any atom is -0.461 e. The Balaban J connectivity index is 1.70. The summed E-state index contributed by atoms with van der Waals surface area (Å²) >= 11 is 5.73. The van der Waals surface area contributed by atoms with Crippen LogP contribution in [-0.2, 0) is 9.53 Å². The van der Waals surface area contributed by atoms with Crippen molar-refractivity contribution in [1.82, 2.24) is 9.80 Å². The fourth-order valence-electron chi connectivity index (χ4n) is 2.29. The van der Waals surface area contributed by atoms with Crippen LogP contribution in [-0.4, -0.2) is 67.2 Å². The van der Waals surface area contributed by atoms with Crippen molar-refractivity contribution in [2.75, 3.05) is 39.3 Å². The second-order valence-corrected chi connectivity index (χ2v) is 5.71. The van der Waals surface area contributed by atoms with Gasteiger partial charge >= 0.3 is 18.1 Å². The lowest BCUT2D eigenvalue weighted by atomic mass is 10.2. The smallest absolute Gasteiger partial charge is 0.461 e. The monoisotopic (exact) mass is 364 g/mol. The molecule has 0 aliphatic carbocycles. The first-order valence-corrected chi connectivity index (χ1v) is 7.66. The molecule has 0 aromatic heterocycles. The molecule has 1 aliphatic heterocycles. The molecule has 24 heavy (non-hydrogen) atoms. The highest BCUT2D eigenvalue weighted by molar-refractivity contribution is 6.30. The molecule has 0 atom stereocenters. The summed E-state index contributed by atoms with van der Waals surface area (Å²) in [5.74, 6) is -2.30. The molecule has 5 nitrogen and oxygen atoms in total. The molecule has 132 valence electrons. The lowest BCUT2D eigenvalue weighted by molar-refractivity contribution is -0.187. The molecule has 0 saturated carbocycles. The molecule has 0 N–H and O–H groups in total. The van der Waals surface area contributed by atoms with Gasteiger partial charge in [0.2, 0.25) is 0 Å². The predicted octanol–water partition coefficient (Wildman–Crippen LogP) is 2.20. The van der Waals surface area contributed by atoms with Crippen molar-refractivity contribution in [3.63, 3.8) is 0 Å². The number of hydrogen-bond acceptors (Lipinski definition) is 4. The Morgan fingerprint density at radius 1 is 1.08 bits per heavy atom. The normalized spacial score (nSPS) is 16.1. The number of carbonyl (C=O) groups excluding carboxylic acids is 2. The zero-order chi connectivity index (χ0) is 17.7. The fourth-order valence-corrected chi connectivity index (χ4v) is 2.42. The van der Waals surface area contributed by atoms with E-state index in [0.29, 0.717) is 30.2 Å². The van der Waals surface area contributed by atoms with E-state index in [9.17, 15) is 22.8 Å². The van der Waals surface area contributed by atoms with Gasteiger partial charge in [0.15, 0.2) is 0 Å². The molecule has 1 fully saturated rings. The first-order chi connectivity index (χ1) is 11.3. The Bertz CT molecular complexity index is 585. The molecule has 1 aliphatic rings. The van der Waals surface area contributed by atoms with E-state index in [1.165, 1.54) is 0 Å². The van der Waals surface area contributed by atoms with Crippen molar-refractivity contribution in [2.24, 2.45) is 0 Å². The largest absolute Gasteiger partial charge is 0.471 e. The van der Waals surface area contributed by atoms with E-state index in [4.69, 9.17) is 16.3 Å². The first kappa shape index (κ1) is 18.5. The summed E-state index contributed by atoms with van der Waals surface area (Å²) in [5.41, 5.74) is 0.375. The molecular formula is C15H16ClF3N2O3. The number of piperazine rings is 1. The van der Waals surface area contributed by atoms with Crippen LogP contribution in [0.5, 0.6) is 0 Å². The minimum absolute atomic E-state index is 0.00345. The standard InChI is InChI=1S/C15H16ClF3N2O3/c16-12-3-1-11(2-4-12)13(22)24-10-9-20-5-7-21(8-6-20)14(23)15(17,18)19/h1-4H,5-10H2. The van der Waals surface area contributed by atoms with Crippen LogP contribution in [0.4, 0.5) is 13.2 Å². The van der Waals surface area contributed by atoms with E-state index < -0.39 is 18.1 Å². The number of benzene rings is 1. The van der Waals surface area contributed by atoms with E-state index in [1.807, 2.05) is 4.90 Å². The van der Waals surface area contributed by atoms with Gasteiger partial charge in [-0.2, -0.15) is 13.2 Å². The van der Waals surface area contributed by atoms with Gasteiger partial charge in [-0.3, -0.25) is 9.69 Å². The summed E-state index contributed by atoms with van der Waals surface area (Å²) < 4.78 is 42.1. The van der Waals surface area contributed by atoms with Gasteiger partial charge in [-0.15, -0.1) is 0 Å². The quantitative estimate of drug-likeness (QED) is 0.769. The van der Waals surface area contributed by atoms with Crippen LogP contribution in [0, 0.1) is 0 Å². The van der Waals surface area contributed by atoms with Crippen LogP contribution < -0.4 is 0 Å². The third-order valence-electron chi connectivity index (χ3n) is 3.62. The van der Waals surface area contributed by atoms with Crippen LogP contribution in [0.2, 0.25) is 5.02 Å². The molecule has 1 heterocycles. The predicted molar refractivity (Wildman–Crippen MR) is 80.8 cm³/mol. The molecule has 9 heteroatoms. The number of alkyl halides is 3. The summed E-state index contributed by atoms with van der Waals surface area (Å²) in [6.07, 6.45) is -4.84. The van der Waals surface area contributed by atoms with Crippen LogP contribution in [0.25, 0.3) is 0 Å². The Labute approximate surface area is 141 Å². The third-order valence-corrected chi connectivity index (χ3v) is 3.87. The second kappa shape index (κ2) is 7.85. The molecule has 1 saturated heterocycles.